The Morgan fingerprint density at radius 3 is 1.63 bits per heavy atom. The predicted molar refractivity (Wildman–Crippen MR) is 127 cm³/mol. The van der Waals surface area contributed by atoms with Crippen molar-refractivity contribution in [3.63, 3.8) is 0 Å². The molecule has 0 atom stereocenters. The van der Waals surface area contributed by atoms with E-state index in [1.54, 1.807) is 42.9 Å². The van der Waals surface area contributed by atoms with E-state index in [1.165, 1.54) is 16.8 Å². The Labute approximate surface area is 219 Å². The SMILES string of the molecule is C.Cc1cc(F)c(C(F)(F)F)cc1-c1cccc[n+]1C.Cc1ccccc1-c1cccc[n+]1C.[Pt]. The third-order valence-corrected chi connectivity index (χ3v) is 5.43. The quantitative estimate of drug-likeness (QED) is 0.165. The van der Waals surface area contributed by atoms with Crippen molar-refractivity contribution in [2.24, 2.45) is 14.1 Å². The van der Waals surface area contributed by atoms with Crippen LogP contribution in [0.15, 0.2) is 85.2 Å². The molecule has 35 heavy (non-hydrogen) atoms. The van der Waals surface area contributed by atoms with Gasteiger partial charge in [-0.05, 0) is 55.3 Å². The van der Waals surface area contributed by atoms with Crippen LogP contribution in [0.3, 0.4) is 0 Å². The minimum absolute atomic E-state index is 0. The Hall–Kier alpha value is -2.85. The maximum Gasteiger partial charge on any atom is 0.419 e. The van der Waals surface area contributed by atoms with Crippen molar-refractivity contribution in [2.45, 2.75) is 27.5 Å². The molecule has 0 unspecified atom stereocenters. The molecule has 2 aromatic carbocycles. The molecule has 0 spiro atoms. The molecule has 0 N–H and O–H groups in total. The molecule has 4 rings (SSSR count). The average Bonchev–Trinajstić information content (AvgIpc) is 2.75. The van der Waals surface area contributed by atoms with Gasteiger partial charge in [-0.1, -0.05) is 25.6 Å². The second-order valence-electron chi connectivity index (χ2n) is 7.85. The van der Waals surface area contributed by atoms with Gasteiger partial charge < -0.3 is 0 Å². The van der Waals surface area contributed by atoms with Crippen molar-refractivity contribution >= 4 is 0 Å². The van der Waals surface area contributed by atoms with E-state index in [1.807, 2.05) is 6.07 Å². The van der Waals surface area contributed by atoms with Crippen LogP contribution in [0.4, 0.5) is 17.6 Å². The molecule has 0 aliphatic heterocycles. The number of nitrogens with zero attached hydrogens (tertiary/aromatic N) is 2. The summed E-state index contributed by atoms with van der Waals surface area (Å²) in [6.07, 6.45) is -0.896. The molecule has 0 bridgehead atoms. The van der Waals surface area contributed by atoms with Gasteiger partial charge in [0.05, 0.1) is 5.56 Å². The largest absolute Gasteiger partial charge is 0.419 e. The number of hydrogen-bond acceptors (Lipinski definition) is 0. The second-order valence-corrected chi connectivity index (χ2v) is 7.85. The van der Waals surface area contributed by atoms with Gasteiger partial charge in [0.25, 0.3) is 0 Å². The van der Waals surface area contributed by atoms with Crippen LogP contribution in [0.1, 0.15) is 24.1 Å². The average molecular weight is 666 g/mol. The van der Waals surface area contributed by atoms with Crippen molar-refractivity contribution in [3.05, 3.63) is 108 Å². The molecule has 0 saturated heterocycles. The summed E-state index contributed by atoms with van der Waals surface area (Å²) in [6, 6.07) is 21.7. The molecular formula is C28H30F4N2Pt+2. The molecular weight excluding hydrogens is 635 g/mol. The van der Waals surface area contributed by atoms with E-state index in [0.29, 0.717) is 16.8 Å². The normalized spacial score (nSPS) is 10.4. The monoisotopic (exact) mass is 665 g/mol. The Morgan fingerprint density at radius 1 is 0.657 bits per heavy atom. The number of benzene rings is 2. The van der Waals surface area contributed by atoms with E-state index in [9.17, 15) is 17.6 Å². The first kappa shape index (κ1) is 30.2. The minimum Gasteiger partial charge on any atom is -0.206 e. The van der Waals surface area contributed by atoms with Crippen molar-refractivity contribution in [1.82, 2.24) is 0 Å². The zero-order valence-corrected chi connectivity index (χ0v) is 21.6. The predicted octanol–water partition coefficient (Wildman–Crippen LogP) is 6.76. The molecule has 0 fully saturated rings. The third kappa shape index (κ3) is 7.32. The number of hydrogen-bond donors (Lipinski definition) is 0. The summed E-state index contributed by atoms with van der Waals surface area (Å²) in [6.45, 7) is 3.73. The Bertz CT molecular complexity index is 1230. The summed E-state index contributed by atoms with van der Waals surface area (Å²) in [7, 11) is 3.80. The molecule has 0 radical (unpaired) electrons. The van der Waals surface area contributed by atoms with Crippen molar-refractivity contribution < 1.29 is 47.8 Å². The van der Waals surface area contributed by atoms with Crippen molar-refractivity contribution in [1.29, 1.82) is 0 Å². The molecule has 0 amide bonds. The van der Waals surface area contributed by atoms with E-state index in [-0.39, 0.29) is 28.5 Å². The first-order chi connectivity index (χ1) is 15.6. The number of aryl methyl sites for hydroxylation is 4. The third-order valence-electron chi connectivity index (χ3n) is 5.43. The number of pyridine rings is 2. The van der Waals surface area contributed by atoms with Gasteiger partial charge in [-0.2, -0.15) is 13.2 Å². The molecule has 0 saturated carbocycles. The standard InChI is InChI=1S/C14H12F4N.C13H14N.CH4.Pt/c1-9-7-12(15)11(14(16,17)18)8-10(9)13-5-3-4-6-19(13)2;1-11-7-3-4-8-12(11)13-9-5-6-10-14(13)2;;/h3-8H,1-2H3;3-10H,1-2H3;1H4;/q2*+1;;. The van der Waals surface area contributed by atoms with Crippen LogP contribution in [-0.4, -0.2) is 0 Å². The van der Waals surface area contributed by atoms with Gasteiger partial charge >= 0.3 is 6.18 Å². The van der Waals surface area contributed by atoms with E-state index in [4.69, 9.17) is 0 Å². The number of alkyl halides is 3. The molecule has 0 aliphatic rings. The van der Waals surface area contributed by atoms with Gasteiger partial charge in [0.2, 0.25) is 11.4 Å². The van der Waals surface area contributed by atoms with Crippen LogP contribution in [-0.2, 0) is 41.3 Å². The summed E-state index contributed by atoms with van der Waals surface area (Å²) >= 11 is 0. The van der Waals surface area contributed by atoms with E-state index < -0.39 is 17.6 Å². The van der Waals surface area contributed by atoms with Gasteiger partial charge in [0.1, 0.15) is 19.9 Å². The summed E-state index contributed by atoms with van der Waals surface area (Å²) < 4.78 is 55.4. The fourth-order valence-electron chi connectivity index (χ4n) is 3.63. The second kappa shape index (κ2) is 12.7. The fourth-order valence-corrected chi connectivity index (χ4v) is 3.63. The fraction of sp³-hybridized carbons (Fsp3) is 0.214. The maximum atomic E-state index is 13.4. The Balaban J connectivity index is 0.000000344. The summed E-state index contributed by atoms with van der Waals surface area (Å²) in [4.78, 5) is 0. The Morgan fingerprint density at radius 2 is 1.14 bits per heavy atom. The molecule has 2 heterocycles. The first-order valence-corrected chi connectivity index (χ1v) is 10.4. The zero-order chi connectivity index (χ0) is 24.2. The van der Waals surface area contributed by atoms with Gasteiger partial charge in [-0.15, -0.1) is 0 Å². The van der Waals surface area contributed by atoms with Gasteiger partial charge in [0.15, 0.2) is 12.4 Å². The maximum absolute atomic E-state index is 13.4. The van der Waals surface area contributed by atoms with Crippen LogP contribution in [0.25, 0.3) is 22.5 Å². The summed E-state index contributed by atoms with van der Waals surface area (Å²) in [5.41, 5.74) is 4.07. The Kier molecular flexibility index (Phi) is 11.0. The van der Waals surface area contributed by atoms with Crippen LogP contribution in [0.2, 0.25) is 0 Å². The summed E-state index contributed by atoms with van der Waals surface area (Å²) in [5.74, 6) is -1.24. The van der Waals surface area contributed by atoms with E-state index in [0.717, 1.165) is 12.1 Å². The molecule has 2 aromatic heterocycles. The number of halogens is 4. The molecule has 188 valence electrons. The number of aromatic nitrogens is 2. The van der Waals surface area contributed by atoms with E-state index >= 15 is 0 Å². The van der Waals surface area contributed by atoms with Crippen LogP contribution < -0.4 is 9.13 Å². The topological polar surface area (TPSA) is 7.76 Å². The van der Waals surface area contributed by atoms with Crippen LogP contribution in [0, 0.1) is 19.7 Å². The van der Waals surface area contributed by atoms with Crippen molar-refractivity contribution in [2.75, 3.05) is 0 Å². The molecule has 0 aliphatic carbocycles. The molecule has 4 aromatic rings. The van der Waals surface area contributed by atoms with E-state index in [2.05, 4.69) is 61.1 Å². The smallest absolute Gasteiger partial charge is 0.206 e. The zero-order valence-electron chi connectivity index (χ0n) is 19.3. The first-order valence-electron chi connectivity index (χ1n) is 10.4. The van der Waals surface area contributed by atoms with Crippen molar-refractivity contribution in [3.8, 4) is 22.5 Å². The van der Waals surface area contributed by atoms with Gasteiger partial charge in [-0.25, -0.2) is 13.5 Å². The van der Waals surface area contributed by atoms with Gasteiger partial charge in [0, 0.05) is 56.5 Å². The van der Waals surface area contributed by atoms with Crippen LogP contribution >= 0.6 is 0 Å². The summed E-state index contributed by atoms with van der Waals surface area (Å²) in [5, 5.41) is 0. The van der Waals surface area contributed by atoms with Gasteiger partial charge in [-0.3, -0.25) is 0 Å². The molecule has 2 nitrogen and oxygen atoms in total. The van der Waals surface area contributed by atoms with Crippen LogP contribution in [0.5, 0.6) is 0 Å². The number of rotatable bonds is 2. The minimum atomic E-state index is -4.69. The molecule has 7 heteroatoms.